The first-order chi connectivity index (χ1) is 16.7. The van der Waals surface area contributed by atoms with Crippen LogP contribution in [-0.2, 0) is 12.8 Å². The summed E-state index contributed by atoms with van der Waals surface area (Å²) in [6.07, 6.45) is -3.03. The fourth-order valence-corrected chi connectivity index (χ4v) is 4.51. The molecule has 178 valence electrons. The van der Waals surface area contributed by atoms with Crippen LogP contribution in [0, 0.1) is 6.92 Å². The van der Waals surface area contributed by atoms with Gasteiger partial charge in [-0.1, -0.05) is 41.1 Å². The highest BCUT2D eigenvalue weighted by Crippen LogP contribution is 2.36. The Kier molecular flexibility index (Phi) is 5.86. The molecule has 0 aliphatic heterocycles. The van der Waals surface area contributed by atoms with E-state index in [2.05, 4.69) is 10.1 Å². The number of ether oxygens (including phenoxy) is 1. The Morgan fingerprint density at radius 2 is 1.97 bits per heavy atom. The standard InChI is InChI=1S/C24H15ClF3N3O3S/c1-13-4-2-3-5-18(13)33-12-21-29-23-31(30-21)22(32)20(35-23)11-15-7-9-19(34-15)16-10-14(24(26,27)28)6-8-17(16)25/h2-11H,12H2,1H3. The molecule has 5 rings (SSSR count). The first-order valence-electron chi connectivity index (χ1n) is 10.2. The summed E-state index contributed by atoms with van der Waals surface area (Å²) >= 11 is 7.20. The topological polar surface area (TPSA) is 69.6 Å². The molecule has 0 aliphatic carbocycles. The molecule has 0 aliphatic rings. The third kappa shape index (κ3) is 4.67. The Balaban J connectivity index is 1.41. The van der Waals surface area contributed by atoms with Crippen LogP contribution in [-0.4, -0.2) is 14.6 Å². The van der Waals surface area contributed by atoms with Gasteiger partial charge in [-0.25, -0.2) is 0 Å². The van der Waals surface area contributed by atoms with Gasteiger partial charge in [-0.2, -0.15) is 22.7 Å². The van der Waals surface area contributed by atoms with Crippen molar-refractivity contribution in [3.8, 4) is 17.1 Å². The maximum absolute atomic E-state index is 13.1. The van der Waals surface area contributed by atoms with E-state index in [1.54, 1.807) is 6.07 Å². The number of furan rings is 1. The summed E-state index contributed by atoms with van der Waals surface area (Å²) in [5.74, 6) is 1.49. The van der Waals surface area contributed by atoms with Crippen molar-refractivity contribution in [1.29, 1.82) is 0 Å². The fourth-order valence-electron chi connectivity index (χ4n) is 3.39. The lowest BCUT2D eigenvalue weighted by molar-refractivity contribution is -0.137. The molecule has 0 unspecified atom stereocenters. The highest BCUT2D eigenvalue weighted by Gasteiger charge is 2.31. The van der Waals surface area contributed by atoms with Crippen molar-refractivity contribution in [3.63, 3.8) is 0 Å². The SMILES string of the molecule is Cc1ccccc1OCc1nc2sc(=Cc3ccc(-c4cc(C(F)(F)F)ccc4Cl)o3)c(=O)n2n1. The number of halogens is 4. The first-order valence-corrected chi connectivity index (χ1v) is 11.4. The number of thiazole rings is 1. The third-order valence-electron chi connectivity index (χ3n) is 5.14. The molecule has 6 nitrogen and oxygen atoms in total. The zero-order chi connectivity index (χ0) is 24.7. The lowest BCUT2D eigenvalue weighted by atomic mass is 10.1. The molecule has 0 N–H and O–H groups in total. The van der Waals surface area contributed by atoms with Gasteiger partial charge in [-0.3, -0.25) is 4.79 Å². The van der Waals surface area contributed by atoms with Gasteiger partial charge in [0.2, 0.25) is 4.96 Å². The first kappa shape index (κ1) is 23.1. The van der Waals surface area contributed by atoms with Crippen molar-refractivity contribution >= 4 is 34.0 Å². The van der Waals surface area contributed by atoms with Crippen LogP contribution in [0.4, 0.5) is 13.2 Å². The normalized spacial score (nSPS) is 12.5. The van der Waals surface area contributed by atoms with Crippen molar-refractivity contribution in [2.45, 2.75) is 19.7 Å². The summed E-state index contributed by atoms with van der Waals surface area (Å²) in [6, 6.07) is 13.6. The minimum absolute atomic E-state index is 0.101. The molecule has 0 spiro atoms. The minimum atomic E-state index is -4.51. The number of fused-ring (bicyclic) bond motifs is 1. The molecule has 0 fully saturated rings. The number of aromatic nitrogens is 3. The van der Waals surface area contributed by atoms with Crippen LogP contribution in [0.15, 0.2) is 63.8 Å². The van der Waals surface area contributed by atoms with Gasteiger partial charge < -0.3 is 9.15 Å². The molecule has 2 aromatic carbocycles. The molecule has 0 saturated heterocycles. The van der Waals surface area contributed by atoms with Crippen LogP contribution in [0.2, 0.25) is 5.02 Å². The second-order valence-electron chi connectivity index (χ2n) is 7.59. The van der Waals surface area contributed by atoms with Crippen LogP contribution in [0.3, 0.4) is 0 Å². The van der Waals surface area contributed by atoms with Crippen molar-refractivity contribution in [3.05, 3.63) is 97.2 Å². The number of hydrogen-bond acceptors (Lipinski definition) is 6. The molecule has 0 saturated carbocycles. The molecule has 3 heterocycles. The molecule has 35 heavy (non-hydrogen) atoms. The zero-order valence-electron chi connectivity index (χ0n) is 18.0. The van der Waals surface area contributed by atoms with E-state index in [-0.39, 0.29) is 28.7 Å². The smallest absolute Gasteiger partial charge is 0.416 e. The van der Waals surface area contributed by atoms with Crippen LogP contribution in [0.25, 0.3) is 22.4 Å². The van der Waals surface area contributed by atoms with Gasteiger partial charge >= 0.3 is 6.18 Å². The number of hydrogen-bond donors (Lipinski definition) is 0. The number of para-hydroxylation sites is 1. The quantitative estimate of drug-likeness (QED) is 0.307. The van der Waals surface area contributed by atoms with Crippen LogP contribution < -0.4 is 14.8 Å². The summed E-state index contributed by atoms with van der Waals surface area (Å²) < 4.78 is 52.1. The van der Waals surface area contributed by atoms with Gasteiger partial charge in [0.1, 0.15) is 28.4 Å². The van der Waals surface area contributed by atoms with Crippen LogP contribution in [0.1, 0.15) is 22.7 Å². The highest BCUT2D eigenvalue weighted by molar-refractivity contribution is 7.15. The van der Waals surface area contributed by atoms with E-state index in [0.717, 1.165) is 29.0 Å². The highest BCUT2D eigenvalue weighted by atomic mass is 35.5. The Morgan fingerprint density at radius 3 is 2.71 bits per heavy atom. The minimum Gasteiger partial charge on any atom is -0.485 e. The van der Waals surface area contributed by atoms with E-state index >= 15 is 0 Å². The van der Waals surface area contributed by atoms with E-state index in [4.69, 9.17) is 20.8 Å². The van der Waals surface area contributed by atoms with E-state index < -0.39 is 17.3 Å². The molecular weight excluding hydrogens is 503 g/mol. The summed E-state index contributed by atoms with van der Waals surface area (Å²) in [5, 5.41) is 4.33. The van der Waals surface area contributed by atoms with E-state index in [1.165, 1.54) is 22.7 Å². The molecular formula is C24H15ClF3N3O3S. The summed E-state index contributed by atoms with van der Waals surface area (Å²) in [5.41, 5.74) is -0.160. The third-order valence-corrected chi connectivity index (χ3v) is 6.42. The molecule has 0 atom stereocenters. The number of rotatable bonds is 5. The summed E-state index contributed by atoms with van der Waals surface area (Å²) in [7, 11) is 0. The van der Waals surface area contributed by atoms with Crippen molar-refractivity contribution in [2.24, 2.45) is 0 Å². The summed E-state index contributed by atoms with van der Waals surface area (Å²) in [6.45, 7) is 2.03. The maximum Gasteiger partial charge on any atom is 0.416 e. The lowest BCUT2D eigenvalue weighted by Gasteiger charge is -2.09. The second-order valence-corrected chi connectivity index (χ2v) is 9.00. The lowest BCUT2D eigenvalue weighted by Crippen LogP contribution is -2.23. The molecule has 5 aromatic rings. The number of alkyl halides is 3. The Hall–Kier alpha value is -3.63. The maximum atomic E-state index is 13.1. The second kappa shape index (κ2) is 8.86. The predicted molar refractivity (Wildman–Crippen MR) is 126 cm³/mol. The van der Waals surface area contributed by atoms with Gasteiger partial charge in [0.25, 0.3) is 5.56 Å². The van der Waals surface area contributed by atoms with Gasteiger partial charge in [-0.15, -0.1) is 5.10 Å². The Bertz CT molecular complexity index is 1660. The molecule has 11 heteroatoms. The van der Waals surface area contributed by atoms with Crippen molar-refractivity contribution < 1.29 is 22.3 Å². The molecule has 3 aromatic heterocycles. The van der Waals surface area contributed by atoms with E-state index in [9.17, 15) is 18.0 Å². The monoisotopic (exact) mass is 517 g/mol. The van der Waals surface area contributed by atoms with Gasteiger partial charge in [0, 0.05) is 11.6 Å². The largest absolute Gasteiger partial charge is 0.485 e. The number of nitrogens with zero attached hydrogens (tertiary/aromatic N) is 3. The van der Waals surface area contributed by atoms with Crippen molar-refractivity contribution in [2.75, 3.05) is 0 Å². The van der Waals surface area contributed by atoms with Crippen LogP contribution in [0.5, 0.6) is 5.75 Å². The van der Waals surface area contributed by atoms with Gasteiger partial charge in [0.15, 0.2) is 5.82 Å². The zero-order valence-corrected chi connectivity index (χ0v) is 19.5. The fraction of sp³-hybridized carbons (Fsp3) is 0.125. The Morgan fingerprint density at radius 1 is 1.17 bits per heavy atom. The number of aryl methyl sites for hydroxylation is 1. The van der Waals surface area contributed by atoms with Gasteiger partial charge in [0.05, 0.1) is 10.6 Å². The van der Waals surface area contributed by atoms with E-state index in [1.807, 2.05) is 31.2 Å². The molecule has 0 amide bonds. The predicted octanol–water partition coefficient (Wildman–Crippen LogP) is 5.52. The molecule has 0 bridgehead atoms. The van der Waals surface area contributed by atoms with Crippen molar-refractivity contribution in [1.82, 2.24) is 14.6 Å². The average molecular weight is 518 g/mol. The average Bonchev–Trinajstić information content (AvgIpc) is 3.50. The Labute approximate surface area is 204 Å². The van der Waals surface area contributed by atoms with Crippen LogP contribution >= 0.6 is 22.9 Å². The number of benzene rings is 2. The summed E-state index contributed by atoms with van der Waals surface area (Å²) in [4.78, 5) is 17.5. The van der Waals surface area contributed by atoms with Gasteiger partial charge in [-0.05, 0) is 48.9 Å². The van der Waals surface area contributed by atoms with E-state index in [0.29, 0.717) is 21.1 Å². The molecule has 0 radical (unpaired) electrons.